The summed E-state index contributed by atoms with van der Waals surface area (Å²) in [6.45, 7) is 0. The smallest absolute Gasteiger partial charge is 0.450 e. The Hall–Kier alpha value is -0.783. The third kappa shape index (κ3) is 1.30. The SMILES string of the molecule is Cn1[c-]nc2cnccc21.[Li+]. The van der Waals surface area contributed by atoms with Crippen LogP contribution in [0.2, 0.25) is 0 Å². The van der Waals surface area contributed by atoms with Crippen LogP contribution < -0.4 is 18.9 Å². The average molecular weight is 139 g/mol. The Morgan fingerprint density at radius 3 is 3.09 bits per heavy atom. The van der Waals surface area contributed by atoms with E-state index in [-0.39, 0.29) is 18.9 Å². The topological polar surface area (TPSA) is 30.7 Å². The van der Waals surface area contributed by atoms with Crippen molar-refractivity contribution < 1.29 is 18.9 Å². The maximum atomic E-state index is 3.99. The van der Waals surface area contributed by atoms with Gasteiger partial charge in [0.05, 0.1) is 0 Å². The van der Waals surface area contributed by atoms with Crippen molar-refractivity contribution in [2.24, 2.45) is 7.05 Å². The summed E-state index contributed by atoms with van der Waals surface area (Å²) in [4.78, 5) is 7.92. The fourth-order valence-electron chi connectivity index (χ4n) is 0.931. The molecular weight excluding hydrogens is 133 g/mol. The van der Waals surface area contributed by atoms with Gasteiger partial charge >= 0.3 is 18.9 Å². The van der Waals surface area contributed by atoms with Crippen LogP contribution in [0, 0.1) is 6.33 Å². The Balaban J connectivity index is 0.000000605. The number of pyridine rings is 1. The molecule has 11 heavy (non-hydrogen) atoms. The zero-order chi connectivity index (χ0) is 6.97. The van der Waals surface area contributed by atoms with Crippen LogP contribution in [0.25, 0.3) is 11.0 Å². The molecule has 0 N–H and O–H groups in total. The molecule has 0 saturated heterocycles. The van der Waals surface area contributed by atoms with Gasteiger partial charge in [0.25, 0.3) is 0 Å². The van der Waals surface area contributed by atoms with Gasteiger partial charge in [-0.05, 0) is 13.2 Å². The third-order valence-electron chi connectivity index (χ3n) is 1.46. The first-order valence-corrected chi connectivity index (χ1v) is 3.02. The van der Waals surface area contributed by atoms with Crippen molar-refractivity contribution in [3.05, 3.63) is 24.8 Å². The zero-order valence-corrected chi connectivity index (χ0v) is 6.57. The molecule has 3 nitrogen and oxygen atoms in total. The van der Waals surface area contributed by atoms with Crippen LogP contribution in [0.1, 0.15) is 0 Å². The van der Waals surface area contributed by atoms with Crippen LogP contribution in [0.5, 0.6) is 0 Å². The standard InChI is InChI=1S/C7H6N3.Li/c1-10-5-9-6-4-8-3-2-7(6)10;/h2-4H,1H3;/q-1;+1. The molecule has 0 aliphatic carbocycles. The van der Waals surface area contributed by atoms with Crippen molar-refractivity contribution in [3.8, 4) is 0 Å². The largest absolute Gasteiger partial charge is 1.00 e. The molecular formula is C7H6LiN3. The maximum Gasteiger partial charge on any atom is 1.00 e. The van der Waals surface area contributed by atoms with Crippen molar-refractivity contribution >= 4 is 11.0 Å². The van der Waals surface area contributed by atoms with Crippen LogP contribution in [0.4, 0.5) is 0 Å². The Kier molecular flexibility index (Phi) is 2.33. The summed E-state index contributed by atoms with van der Waals surface area (Å²) in [6, 6.07) is 1.92. The van der Waals surface area contributed by atoms with Gasteiger partial charge in [-0.2, -0.15) is 0 Å². The molecule has 2 aromatic heterocycles. The van der Waals surface area contributed by atoms with Crippen LogP contribution >= 0.6 is 0 Å². The van der Waals surface area contributed by atoms with E-state index in [9.17, 15) is 0 Å². The minimum absolute atomic E-state index is 0. The maximum absolute atomic E-state index is 3.99. The van der Waals surface area contributed by atoms with E-state index in [4.69, 9.17) is 0 Å². The number of hydrogen-bond donors (Lipinski definition) is 0. The molecule has 2 heterocycles. The van der Waals surface area contributed by atoms with Crippen molar-refractivity contribution in [1.29, 1.82) is 0 Å². The number of aromatic nitrogens is 3. The van der Waals surface area contributed by atoms with Gasteiger partial charge in [-0.1, -0.05) is 17.1 Å². The predicted octanol–water partition coefficient (Wildman–Crippen LogP) is -2.23. The molecule has 2 aromatic rings. The van der Waals surface area contributed by atoms with Gasteiger partial charge in [-0.3, -0.25) is 4.98 Å². The van der Waals surface area contributed by atoms with Gasteiger partial charge in [-0.25, -0.2) is 0 Å². The number of fused-ring (bicyclic) bond motifs is 1. The van der Waals surface area contributed by atoms with E-state index in [0.717, 1.165) is 11.0 Å². The summed E-state index contributed by atoms with van der Waals surface area (Å²) in [5.41, 5.74) is 1.96. The summed E-state index contributed by atoms with van der Waals surface area (Å²) in [5.74, 6) is 0. The van der Waals surface area contributed by atoms with E-state index < -0.39 is 0 Å². The number of hydrogen-bond acceptors (Lipinski definition) is 2. The van der Waals surface area contributed by atoms with Crippen LogP contribution in [-0.4, -0.2) is 14.5 Å². The molecule has 0 atom stereocenters. The zero-order valence-electron chi connectivity index (χ0n) is 6.57. The van der Waals surface area contributed by atoms with Crippen molar-refractivity contribution in [3.63, 3.8) is 0 Å². The van der Waals surface area contributed by atoms with Crippen LogP contribution in [0.3, 0.4) is 0 Å². The first-order chi connectivity index (χ1) is 4.88. The van der Waals surface area contributed by atoms with Crippen molar-refractivity contribution in [2.45, 2.75) is 0 Å². The first-order valence-electron chi connectivity index (χ1n) is 3.02. The fourth-order valence-corrected chi connectivity index (χ4v) is 0.931. The van der Waals surface area contributed by atoms with E-state index in [1.54, 1.807) is 12.4 Å². The van der Waals surface area contributed by atoms with E-state index in [1.807, 2.05) is 17.7 Å². The Bertz CT molecular complexity index is 355. The number of nitrogens with zero attached hydrogens (tertiary/aromatic N) is 3. The second-order valence-corrected chi connectivity index (χ2v) is 2.14. The molecule has 0 unspecified atom stereocenters. The van der Waals surface area contributed by atoms with Gasteiger partial charge in [0.2, 0.25) is 0 Å². The second-order valence-electron chi connectivity index (χ2n) is 2.14. The monoisotopic (exact) mass is 139 g/mol. The number of rotatable bonds is 0. The van der Waals surface area contributed by atoms with Gasteiger partial charge in [0.1, 0.15) is 0 Å². The molecule has 0 aliphatic heterocycles. The summed E-state index contributed by atoms with van der Waals surface area (Å²) in [7, 11) is 1.91. The average Bonchev–Trinajstić information content (AvgIpc) is 2.34. The van der Waals surface area contributed by atoms with Crippen molar-refractivity contribution in [2.75, 3.05) is 0 Å². The van der Waals surface area contributed by atoms with Gasteiger partial charge in [0.15, 0.2) is 0 Å². The summed E-state index contributed by atoms with van der Waals surface area (Å²) >= 11 is 0. The van der Waals surface area contributed by atoms with E-state index >= 15 is 0 Å². The van der Waals surface area contributed by atoms with Crippen LogP contribution in [-0.2, 0) is 7.05 Å². The Morgan fingerprint density at radius 1 is 1.55 bits per heavy atom. The fraction of sp³-hybridized carbons (Fsp3) is 0.143. The normalized spacial score (nSPS) is 9.55. The van der Waals surface area contributed by atoms with Gasteiger partial charge in [-0.15, -0.1) is 0 Å². The number of aryl methyl sites for hydroxylation is 1. The number of imidazole rings is 1. The molecule has 0 saturated carbocycles. The predicted molar refractivity (Wildman–Crippen MR) is 37.3 cm³/mol. The molecule has 50 valence electrons. The summed E-state index contributed by atoms with van der Waals surface area (Å²) < 4.78 is 1.84. The molecule has 4 heteroatoms. The molecule has 0 fully saturated rings. The molecule has 2 rings (SSSR count). The van der Waals surface area contributed by atoms with Gasteiger partial charge in [0, 0.05) is 12.5 Å². The molecule has 0 aromatic carbocycles. The molecule has 0 radical (unpaired) electrons. The third-order valence-corrected chi connectivity index (χ3v) is 1.46. The second kappa shape index (κ2) is 3.08. The van der Waals surface area contributed by atoms with Gasteiger partial charge < -0.3 is 9.55 Å². The summed E-state index contributed by atoms with van der Waals surface area (Å²) in [5, 5.41) is 0. The van der Waals surface area contributed by atoms with E-state index in [0.29, 0.717) is 0 Å². The Morgan fingerprint density at radius 2 is 2.36 bits per heavy atom. The minimum atomic E-state index is 0. The summed E-state index contributed by atoms with van der Waals surface area (Å²) in [6.07, 6.45) is 6.28. The minimum Gasteiger partial charge on any atom is -0.450 e. The molecule has 0 amide bonds. The molecule has 0 spiro atoms. The molecule has 0 aliphatic rings. The Labute approximate surface area is 76.6 Å². The van der Waals surface area contributed by atoms with E-state index in [2.05, 4.69) is 16.3 Å². The van der Waals surface area contributed by atoms with E-state index in [1.165, 1.54) is 0 Å². The molecule has 0 bridgehead atoms. The quantitative estimate of drug-likeness (QED) is 0.305. The van der Waals surface area contributed by atoms with Crippen molar-refractivity contribution in [1.82, 2.24) is 14.5 Å². The first kappa shape index (κ1) is 8.32. The van der Waals surface area contributed by atoms with Crippen LogP contribution in [0.15, 0.2) is 18.5 Å².